The summed E-state index contributed by atoms with van der Waals surface area (Å²) in [6.45, 7) is 3.39. The van der Waals surface area contributed by atoms with Crippen LogP contribution in [0.15, 0.2) is 0 Å². The van der Waals surface area contributed by atoms with Gasteiger partial charge in [0.2, 0.25) is 0 Å². The number of methoxy groups -OCH3 is 1. The Bertz CT molecular complexity index is 492. The first kappa shape index (κ1) is 19.4. The van der Waals surface area contributed by atoms with Crippen LogP contribution in [-0.2, 0) is 42.9 Å². The maximum absolute atomic E-state index is 11.9. The highest BCUT2D eigenvalue weighted by molar-refractivity contribution is 9.09. The van der Waals surface area contributed by atoms with E-state index >= 15 is 0 Å². The van der Waals surface area contributed by atoms with E-state index in [4.69, 9.17) is 18.9 Å². The van der Waals surface area contributed by atoms with Crippen LogP contribution in [-0.4, -0.2) is 60.4 Å². The van der Waals surface area contributed by atoms with Gasteiger partial charge in [-0.05, 0) is 0 Å². The molecule has 1 aliphatic rings. The number of esters is 4. The third kappa shape index (κ3) is 5.17. The molecule has 0 bridgehead atoms. The van der Waals surface area contributed by atoms with Crippen molar-refractivity contribution < 1.29 is 42.9 Å². The molecule has 0 radical (unpaired) electrons. The van der Waals surface area contributed by atoms with Gasteiger partial charge in [0.05, 0.1) is 7.11 Å². The number of alkyl halides is 1. The van der Waals surface area contributed by atoms with Gasteiger partial charge in [-0.1, -0.05) is 15.9 Å². The standard InChI is InChI=1S/C13H17BrO9/c1-5(15)20-8-9(21-6(2)16)11(13(18)19-4)23-12(14)10(8)22-7(3)17/h8-12H,1-4H3/t8-,9-,10+,11-,12+/m0/s1. The second kappa shape index (κ2) is 8.25. The summed E-state index contributed by atoms with van der Waals surface area (Å²) in [7, 11) is 1.12. The van der Waals surface area contributed by atoms with Gasteiger partial charge in [-0.15, -0.1) is 0 Å². The summed E-state index contributed by atoms with van der Waals surface area (Å²) in [6.07, 6.45) is -5.06. The summed E-state index contributed by atoms with van der Waals surface area (Å²) in [5.41, 5.74) is 0. The molecule has 0 unspecified atom stereocenters. The number of rotatable bonds is 4. The Morgan fingerprint density at radius 1 is 0.826 bits per heavy atom. The molecule has 23 heavy (non-hydrogen) atoms. The predicted octanol–water partition coefficient (Wildman–Crippen LogP) is 0.0743. The molecule has 0 aromatic heterocycles. The second-order valence-electron chi connectivity index (χ2n) is 4.65. The van der Waals surface area contributed by atoms with Crippen LogP contribution in [0, 0.1) is 0 Å². The van der Waals surface area contributed by atoms with E-state index in [1.165, 1.54) is 0 Å². The average molecular weight is 397 g/mol. The zero-order valence-corrected chi connectivity index (χ0v) is 14.5. The average Bonchev–Trinajstić information content (AvgIpc) is 2.43. The molecule has 130 valence electrons. The third-order valence-electron chi connectivity index (χ3n) is 2.82. The van der Waals surface area contributed by atoms with Crippen LogP contribution in [0.4, 0.5) is 0 Å². The van der Waals surface area contributed by atoms with Crippen LogP contribution >= 0.6 is 15.9 Å². The van der Waals surface area contributed by atoms with Crippen molar-refractivity contribution in [1.82, 2.24) is 0 Å². The maximum Gasteiger partial charge on any atom is 0.339 e. The van der Waals surface area contributed by atoms with Gasteiger partial charge in [-0.25, -0.2) is 4.79 Å². The molecule has 1 aliphatic heterocycles. The van der Waals surface area contributed by atoms with Gasteiger partial charge in [0.15, 0.2) is 29.4 Å². The molecule has 1 saturated heterocycles. The van der Waals surface area contributed by atoms with Crippen LogP contribution in [0.5, 0.6) is 0 Å². The van der Waals surface area contributed by atoms with E-state index in [-0.39, 0.29) is 0 Å². The highest BCUT2D eigenvalue weighted by Gasteiger charge is 2.53. The van der Waals surface area contributed by atoms with E-state index in [2.05, 4.69) is 20.7 Å². The number of carbonyl (C=O) groups excluding carboxylic acids is 4. The fraction of sp³-hybridized carbons (Fsp3) is 0.692. The second-order valence-corrected chi connectivity index (χ2v) is 5.56. The van der Waals surface area contributed by atoms with Gasteiger partial charge in [0.25, 0.3) is 0 Å². The van der Waals surface area contributed by atoms with E-state index in [1.54, 1.807) is 0 Å². The quantitative estimate of drug-likeness (QED) is 0.369. The van der Waals surface area contributed by atoms with Gasteiger partial charge in [0.1, 0.15) is 0 Å². The first-order valence-corrected chi connectivity index (χ1v) is 7.48. The lowest BCUT2D eigenvalue weighted by molar-refractivity contribution is -0.234. The molecule has 1 heterocycles. The van der Waals surface area contributed by atoms with Crippen LogP contribution < -0.4 is 0 Å². The van der Waals surface area contributed by atoms with E-state index in [1.807, 2.05) is 0 Å². The number of hydrogen-bond acceptors (Lipinski definition) is 9. The lowest BCUT2D eigenvalue weighted by Crippen LogP contribution is -2.61. The molecule has 1 fully saturated rings. The first-order valence-electron chi connectivity index (χ1n) is 6.56. The SMILES string of the molecule is COC(=O)[C@H]1O[C@@H](Br)[C@H](OC(C)=O)[C@@H](OC(C)=O)[C@@H]1OC(C)=O. The molecule has 0 aromatic carbocycles. The molecule has 5 atom stereocenters. The summed E-state index contributed by atoms with van der Waals surface area (Å²) >= 11 is 3.11. The Morgan fingerprint density at radius 2 is 1.26 bits per heavy atom. The normalized spacial score (nSPS) is 30.0. The minimum Gasteiger partial charge on any atom is -0.467 e. The summed E-state index contributed by atoms with van der Waals surface area (Å²) in [6, 6.07) is 0. The summed E-state index contributed by atoms with van der Waals surface area (Å²) in [5.74, 6) is -2.95. The fourth-order valence-corrected chi connectivity index (χ4v) is 2.71. The van der Waals surface area contributed by atoms with Gasteiger partial charge in [0, 0.05) is 20.8 Å². The molecule has 1 rings (SSSR count). The monoisotopic (exact) mass is 396 g/mol. The van der Waals surface area contributed by atoms with Crippen molar-refractivity contribution in [1.29, 1.82) is 0 Å². The molecule has 0 N–H and O–H groups in total. The Labute approximate surface area is 140 Å². The van der Waals surface area contributed by atoms with Crippen molar-refractivity contribution in [2.24, 2.45) is 0 Å². The van der Waals surface area contributed by atoms with Crippen LogP contribution in [0.3, 0.4) is 0 Å². The predicted molar refractivity (Wildman–Crippen MR) is 76.3 cm³/mol. The van der Waals surface area contributed by atoms with E-state index in [0.29, 0.717) is 0 Å². The van der Waals surface area contributed by atoms with Gasteiger partial charge < -0.3 is 23.7 Å². The van der Waals surface area contributed by atoms with Gasteiger partial charge in [-0.3, -0.25) is 14.4 Å². The van der Waals surface area contributed by atoms with E-state index < -0.39 is 53.3 Å². The van der Waals surface area contributed by atoms with Crippen LogP contribution in [0.2, 0.25) is 0 Å². The van der Waals surface area contributed by atoms with Gasteiger partial charge >= 0.3 is 23.9 Å². The molecule has 0 aromatic rings. The summed E-state index contributed by atoms with van der Waals surface area (Å²) in [4.78, 5) is 45.8. The highest BCUT2D eigenvalue weighted by atomic mass is 79.9. The Balaban J connectivity index is 3.21. The minimum atomic E-state index is -1.36. The molecule has 0 aliphatic carbocycles. The largest absolute Gasteiger partial charge is 0.467 e. The maximum atomic E-state index is 11.9. The van der Waals surface area contributed by atoms with E-state index in [0.717, 1.165) is 27.9 Å². The molecule has 10 heteroatoms. The topological polar surface area (TPSA) is 114 Å². The van der Waals surface area contributed by atoms with Crippen LogP contribution in [0.1, 0.15) is 20.8 Å². The zero-order valence-electron chi connectivity index (χ0n) is 12.9. The molecule has 9 nitrogen and oxygen atoms in total. The number of hydrogen-bond donors (Lipinski definition) is 0. The number of carbonyl (C=O) groups is 4. The molecular weight excluding hydrogens is 380 g/mol. The van der Waals surface area contributed by atoms with Crippen molar-refractivity contribution in [2.75, 3.05) is 7.11 Å². The van der Waals surface area contributed by atoms with Crippen molar-refractivity contribution in [3.63, 3.8) is 0 Å². The third-order valence-corrected chi connectivity index (χ3v) is 3.56. The van der Waals surface area contributed by atoms with Crippen molar-refractivity contribution in [2.45, 2.75) is 50.2 Å². The fourth-order valence-electron chi connectivity index (χ4n) is 2.07. The molecule has 0 spiro atoms. The van der Waals surface area contributed by atoms with Crippen LogP contribution in [0.25, 0.3) is 0 Å². The Kier molecular flexibility index (Phi) is 6.95. The van der Waals surface area contributed by atoms with Crippen molar-refractivity contribution in [3.05, 3.63) is 0 Å². The summed E-state index contributed by atoms with van der Waals surface area (Å²) in [5, 5.41) is -0.980. The lowest BCUT2D eigenvalue weighted by atomic mass is 9.99. The highest BCUT2D eigenvalue weighted by Crippen LogP contribution is 2.31. The number of ether oxygens (including phenoxy) is 5. The smallest absolute Gasteiger partial charge is 0.339 e. The Morgan fingerprint density at radius 3 is 1.70 bits per heavy atom. The van der Waals surface area contributed by atoms with Crippen molar-refractivity contribution in [3.8, 4) is 0 Å². The number of halogens is 1. The molecule has 0 saturated carbocycles. The summed E-state index contributed by atoms with van der Waals surface area (Å²) < 4.78 is 25.2. The van der Waals surface area contributed by atoms with Gasteiger partial charge in [-0.2, -0.15) is 0 Å². The van der Waals surface area contributed by atoms with Crippen molar-refractivity contribution >= 4 is 39.8 Å². The molecular formula is C13H17BrO9. The van der Waals surface area contributed by atoms with E-state index in [9.17, 15) is 19.2 Å². The Hall–Kier alpha value is -1.68. The first-order chi connectivity index (χ1) is 10.7. The zero-order chi connectivity index (χ0) is 17.7. The molecule has 0 amide bonds. The minimum absolute atomic E-state index is 0.668. The lowest BCUT2D eigenvalue weighted by Gasteiger charge is -2.41.